The molecule has 1 aliphatic rings. The number of nitro benzene ring substituents is 1. The molecule has 0 radical (unpaired) electrons. The van der Waals surface area contributed by atoms with E-state index in [1.54, 1.807) is 28.8 Å². The van der Waals surface area contributed by atoms with Gasteiger partial charge in [0.05, 0.1) is 22.1 Å². The average Bonchev–Trinajstić information content (AvgIpc) is 3.27. The molecule has 1 aromatic heterocycles. The van der Waals surface area contributed by atoms with Crippen molar-refractivity contribution in [3.63, 3.8) is 0 Å². The Hall–Kier alpha value is -3.13. The predicted octanol–water partition coefficient (Wildman–Crippen LogP) is 3.65. The van der Waals surface area contributed by atoms with E-state index in [4.69, 9.17) is 5.10 Å². The summed E-state index contributed by atoms with van der Waals surface area (Å²) in [6.07, 6.45) is 1.90. The summed E-state index contributed by atoms with van der Waals surface area (Å²) in [4.78, 5) is 24.5. The van der Waals surface area contributed by atoms with E-state index in [-0.39, 0.29) is 17.0 Å². The predicted molar refractivity (Wildman–Crippen MR) is 104 cm³/mol. The minimum absolute atomic E-state index is 0.0104. The Labute approximate surface area is 159 Å². The standard InChI is InChI=1S/C19H16N4O3S/c1-21-17(24)12-27-19(21)16-11-22(14-7-3-2-4-8-14)20-18(16)13-6-5-9-15(10-13)23(25)26/h2-11,19H,12H2,1H3/t19-/m1/s1. The van der Waals surface area contributed by atoms with Crippen LogP contribution in [0.15, 0.2) is 60.8 Å². The van der Waals surface area contributed by atoms with E-state index in [1.807, 2.05) is 36.5 Å². The number of hydrogen-bond acceptors (Lipinski definition) is 5. The number of nitro groups is 1. The highest BCUT2D eigenvalue weighted by Gasteiger charge is 2.33. The first-order valence-electron chi connectivity index (χ1n) is 8.31. The molecule has 136 valence electrons. The number of hydrogen-bond donors (Lipinski definition) is 0. The summed E-state index contributed by atoms with van der Waals surface area (Å²) in [5, 5.41) is 15.7. The van der Waals surface area contributed by atoms with Crippen molar-refractivity contribution in [2.75, 3.05) is 12.8 Å². The van der Waals surface area contributed by atoms with Gasteiger partial charge in [-0.2, -0.15) is 5.10 Å². The van der Waals surface area contributed by atoms with Gasteiger partial charge in [0, 0.05) is 36.5 Å². The minimum atomic E-state index is -0.419. The molecule has 4 rings (SSSR count). The number of carbonyl (C=O) groups is 1. The Kier molecular flexibility index (Phi) is 4.41. The van der Waals surface area contributed by atoms with Crippen LogP contribution in [0.4, 0.5) is 5.69 Å². The number of nitrogens with zero attached hydrogens (tertiary/aromatic N) is 4. The van der Waals surface area contributed by atoms with Crippen LogP contribution >= 0.6 is 11.8 Å². The summed E-state index contributed by atoms with van der Waals surface area (Å²) < 4.78 is 1.75. The molecule has 2 heterocycles. The van der Waals surface area contributed by atoms with Gasteiger partial charge < -0.3 is 4.90 Å². The summed E-state index contributed by atoms with van der Waals surface area (Å²) in [6.45, 7) is 0. The van der Waals surface area contributed by atoms with E-state index in [2.05, 4.69) is 0 Å². The zero-order valence-corrected chi connectivity index (χ0v) is 15.3. The van der Waals surface area contributed by atoms with Crippen molar-refractivity contribution in [2.24, 2.45) is 0 Å². The molecule has 0 spiro atoms. The fourth-order valence-electron chi connectivity index (χ4n) is 3.07. The lowest BCUT2D eigenvalue weighted by Crippen LogP contribution is -2.23. The van der Waals surface area contributed by atoms with Crippen molar-refractivity contribution >= 4 is 23.4 Å². The molecule has 3 aromatic rings. The maximum Gasteiger partial charge on any atom is 0.270 e. The second-order valence-corrected chi connectivity index (χ2v) is 7.26. The number of para-hydroxylation sites is 1. The lowest BCUT2D eigenvalue weighted by atomic mass is 10.1. The van der Waals surface area contributed by atoms with Gasteiger partial charge in [-0.15, -0.1) is 11.8 Å². The van der Waals surface area contributed by atoms with Gasteiger partial charge in [0.15, 0.2) is 0 Å². The summed E-state index contributed by atoms with van der Waals surface area (Å²) in [7, 11) is 1.77. The smallest absolute Gasteiger partial charge is 0.270 e. The van der Waals surface area contributed by atoms with Gasteiger partial charge in [-0.05, 0) is 12.1 Å². The summed E-state index contributed by atoms with van der Waals surface area (Å²) in [5.74, 6) is 0.467. The Morgan fingerprint density at radius 1 is 1.19 bits per heavy atom. The molecule has 1 amide bonds. The highest BCUT2D eigenvalue weighted by Crippen LogP contribution is 2.42. The molecule has 0 bridgehead atoms. The van der Waals surface area contributed by atoms with Crippen LogP contribution < -0.4 is 0 Å². The number of amides is 1. The zero-order chi connectivity index (χ0) is 19.0. The van der Waals surface area contributed by atoms with E-state index >= 15 is 0 Å². The SMILES string of the molecule is CN1C(=O)CS[C@@H]1c1cn(-c2ccccc2)nc1-c1cccc([N+](=O)[O-])c1. The molecule has 2 aromatic carbocycles. The third-order valence-electron chi connectivity index (χ3n) is 4.47. The molecule has 27 heavy (non-hydrogen) atoms. The summed E-state index contributed by atoms with van der Waals surface area (Å²) >= 11 is 1.53. The van der Waals surface area contributed by atoms with E-state index in [9.17, 15) is 14.9 Å². The largest absolute Gasteiger partial charge is 0.329 e. The van der Waals surface area contributed by atoms with Crippen LogP contribution in [0, 0.1) is 10.1 Å². The van der Waals surface area contributed by atoms with Crippen LogP contribution in [0.3, 0.4) is 0 Å². The first-order chi connectivity index (χ1) is 13.0. The molecule has 0 aliphatic carbocycles. The van der Waals surface area contributed by atoms with Crippen LogP contribution in [-0.4, -0.2) is 38.3 Å². The van der Waals surface area contributed by atoms with Crippen LogP contribution in [0.1, 0.15) is 10.9 Å². The maximum atomic E-state index is 12.0. The lowest BCUT2D eigenvalue weighted by Gasteiger charge is -2.18. The summed E-state index contributed by atoms with van der Waals surface area (Å²) in [6, 6.07) is 16.1. The fourth-order valence-corrected chi connectivity index (χ4v) is 4.26. The highest BCUT2D eigenvalue weighted by atomic mass is 32.2. The molecular weight excluding hydrogens is 364 g/mol. The molecule has 0 unspecified atom stereocenters. The quantitative estimate of drug-likeness (QED) is 0.510. The number of non-ortho nitro benzene ring substituents is 1. The van der Waals surface area contributed by atoms with Crippen molar-refractivity contribution in [3.05, 3.63) is 76.5 Å². The maximum absolute atomic E-state index is 12.0. The van der Waals surface area contributed by atoms with E-state index in [0.29, 0.717) is 17.0 Å². The molecule has 8 heteroatoms. The van der Waals surface area contributed by atoms with Gasteiger partial charge in [-0.25, -0.2) is 4.68 Å². The van der Waals surface area contributed by atoms with E-state index in [1.165, 1.54) is 23.9 Å². The first kappa shape index (κ1) is 17.3. The Balaban J connectivity index is 1.86. The molecular formula is C19H16N4O3S. The molecule has 1 aliphatic heterocycles. The molecule has 1 fully saturated rings. The normalized spacial score (nSPS) is 16.7. The second kappa shape index (κ2) is 6.88. The average molecular weight is 380 g/mol. The minimum Gasteiger partial charge on any atom is -0.329 e. The Morgan fingerprint density at radius 2 is 1.96 bits per heavy atom. The van der Waals surface area contributed by atoms with Crippen LogP contribution in [-0.2, 0) is 4.79 Å². The lowest BCUT2D eigenvalue weighted by molar-refractivity contribution is -0.384. The zero-order valence-electron chi connectivity index (χ0n) is 14.5. The molecule has 0 N–H and O–H groups in total. The topological polar surface area (TPSA) is 81.3 Å². The monoisotopic (exact) mass is 380 g/mol. The van der Waals surface area contributed by atoms with Gasteiger partial charge in [0.2, 0.25) is 5.91 Å². The molecule has 1 saturated heterocycles. The number of aromatic nitrogens is 2. The Morgan fingerprint density at radius 3 is 2.63 bits per heavy atom. The first-order valence-corrected chi connectivity index (χ1v) is 9.36. The van der Waals surface area contributed by atoms with Gasteiger partial charge in [-0.3, -0.25) is 14.9 Å². The Bertz CT molecular complexity index is 1020. The summed E-state index contributed by atoms with van der Waals surface area (Å²) in [5.41, 5.74) is 3.05. The van der Waals surface area contributed by atoms with Crippen molar-refractivity contribution in [1.82, 2.24) is 14.7 Å². The van der Waals surface area contributed by atoms with Gasteiger partial charge in [-0.1, -0.05) is 30.3 Å². The van der Waals surface area contributed by atoms with Crippen molar-refractivity contribution < 1.29 is 9.72 Å². The van der Waals surface area contributed by atoms with Crippen LogP contribution in [0.25, 0.3) is 16.9 Å². The molecule has 7 nitrogen and oxygen atoms in total. The van der Waals surface area contributed by atoms with Crippen molar-refractivity contribution in [1.29, 1.82) is 0 Å². The molecule has 0 saturated carbocycles. The molecule has 1 atom stereocenters. The van der Waals surface area contributed by atoms with E-state index in [0.717, 1.165) is 11.3 Å². The van der Waals surface area contributed by atoms with Crippen LogP contribution in [0.2, 0.25) is 0 Å². The van der Waals surface area contributed by atoms with Gasteiger partial charge in [0.1, 0.15) is 5.37 Å². The van der Waals surface area contributed by atoms with Crippen molar-refractivity contribution in [3.8, 4) is 16.9 Å². The van der Waals surface area contributed by atoms with Gasteiger partial charge in [0.25, 0.3) is 5.69 Å². The third-order valence-corrected chi connectivity index (χ3v) is 5.77. The fraction of sp³-hybridized carbons (Fsp3) is 0.158. The van der Waals surface area contributed by atoms with Crippen LogP contribution in [0.5, 0.6) is 0 Å². The number of benzene rings is 2. The van der Waals surface area contributed by atoms with Gasteiger partial charge >= 0.3 is 0 Å². The highest BCUT2D eigenvalue weighted by molar-refractivity contribution is 8.00. The third kappa shape index (κ3) is 3.19. The second-order valence-electron chi connectivity index (χ2n) is 6.19. The number of thioether (sulfide) groups is 1. The number of carbonyl (C=O) groups excluding carboxylic acids is 1. The van der Waals surface area contributed by atoms with Crippen molar-refractivity contribution in [2.45, 2.75) is 5.37 Å². The number of rotatable bonds is 4. The van der Waals surface area contributed by atoms with E-state index < -0.39 is 4.92 Å².